The lowest BCUT2D eigenvalue weighted by atomic mass is 10.1. The van der Waals surface area contributed by atoms with Crippen molar-refractivity contribution in [3.05, 3.63) is 69.7 Å². The molecule has 0 bridgehead atoms. The monoisotopic (exact) mass is 421 g/mol. The Hall–Kier alpha value is -3.26. The number of amides is 1. The van der Waals surface area contributed by atoms with Crippen molar-refractivity contribution < 1.29 is 9.59 Å². The molecule has 1 fully saturated rings. The molecule has 4 heterocycles. The average molecular weight is 422 g/mol. The molecule has 30 heavy (non-hydrogen) atoms. The number of nitrogen functional groups attached to an aromatic ring is 1. The van der Waals surface area contributed by atoms with Crippen LogP contribution < -0.4 is 10.6 Å². The van der Waals surface area contributed by atoms with E-state index in [0.717, 1.165) is 29.2 Å². The first-order chi connectivity index (χ1) is 14.5. The van der Waals surface area contributed by atoms with Crippen LogP contribution in [-0.4, -0.2) is 52.7 Å². The van der Waals surface area contributed by atoms with Gasteiger partial charge >= 0.3 is 0 Å². The predicted molar refractivity (Wildman–Crippen MR) is 118 cm³/mol. The fraction of sp³-hybridized carbons (Fsp3) is 0.273. The molecule has 4 rings (SSSR count). The topological polar surface area (TPSA) is 92.4 Å². The molecule has 3 aromatic heterocycles. The molecule has 0 saturated carbocycles. The van der Waals surface area contributed by atoms with Gasteiger partial charge in [0.15, 0.2) is 0 Å². The van der Waals surface area contributed by atoms with Crippen molar-refractivity contribution in [3.8, 4) is 0 Å². The number of carbonyl (C=O) groups is 2. The molecular weight excluding hydrogens is 398 g/mol. The van der Waals surface area contributed by atoms with E-state index in [2.05, 4.69) is 14.9 Å². The van der Waals surface area contributed by atoms with Gasteiger partial charge in [-0.3, -0.25) is 9.59 Å². The summed E-state index contributed by atoms with van der Waals surface area (Å²) in [7, 11) is 0. The molecule has 1 amide bonds. The van der Waals surface area contributed by atoms with E-state index in [9.17, 15) is 9.59 Å². The van der Waals surface area contributed by atoms with Gasteiger partial charge in [-0.05, 0) is 54.6 Å². The minimum Gasteiger partial charge on any atom is -0.383 e. The van der Waals surface area contributed by atoms with Crippen LogP contribution in [0.3, 0.4) is 0 Å². The van der Waals surface area contributed by atoms with Gasteiger partial charge in [0.2, 0.25) is 5.78 Å². The van der Waals surface area contributed by atoms with Gasteiger partial charge < -0.3 is 15.5 Å². The van der Waals surface area contributed by atoms with Gasteiger partial charge in [0.1, 0.15) is 17.3 Å². The maximum Gasteiger partial charge on any atom is 0.264 e. The number of anilines is 2. The first-order valence-electron chi connectivity index (χ1n) is 9.85. The van der Waals surface area contributed by atoms with Crippen molar-refractivity contribution >= 4 is 34.7 Å². The van der Waals surface area contributed by atoms with Crippen LogP contribution in [0, 0.1) is 6.92 Å². The second-order valence-corrected chi connectivity index (χ2v) is 8.13. The number of rotatable bonds is 4. The molecule has 0 atom stereocenters. The number of pyridine rings is 2. The van der Waals surface area contributed by atoms with Crippen LogP contribution in [-0.2, 0) is 0 Å². The summed E-state index contributed by atoms with van der Waals surface area (Å²) in [5, 5.41) is 1.95. The summed E-state index contributed by atoms with van der Waals surface area (Å²) in [4.78, 5) is 39.1. The zero-order valence-corrected chi connectivity index (χ0v) is 17.6. The molecule has 0 unspecified atom stereocenters. The molecule has 7 nitrogen and oxygen atoms in total. The lowest BCUT2D eigenvalue weighted by Crippen LogP contribution is -2.35. The van der Waals surface area contributed by atoms with Crippen molar-refractivity contribution in [2.24, 2.45) is 0 Å². The number of hydrogen-bond donors (Lipinski definition) is 1. The molecule has 1 saturated heterocycles. The Morgan fingerprint density at radius 1 is 1.07 bits per heavy atom. The highest BCUT2D eigenvalue weighted by atomic mass is 32.1. The Bertz CT molecular complexity index is 1080. The van der Waals surface area contributed by atoms with Crippen LogP contribution in [0.25, 0.3) is 0 Å². The van der Waals surface area contributed by atoms with Gasteiger partial charge in [0.05, 0.1) is 10.4 Å². The lowest BCUT2D eigenvalue weighted by molar-refractivity contribution is 0.0771. The maximum atomic E-state index is 12.8. The van der Waals surface area contributed by atoms with Gasteiger partial charge in [-0.2, -0.15) is 0 Å². The highest BCUT2D eigenvalue weighted by Crippen LogP contribution is 2.21. The Balaban J connectivity index is 1.49. The van der Waals surface area contributed by atoms with E-state index in [1.807, 2.05) is 35.4 Å². The summed E-state index contributed by atoms with van der Waals surface area (Å²) in [5.41, 5.74) is 7.55. The predicted octanol–water partition coefficient (Wildman–Crippen LogP) is 3.01. The standard InChI is InChI=1S/C22H23N5O2S/c1-15-8-14-30-20(15)22(29)27-11-4-10-26(12-13-27)18-7-2-6-17(25-18)19(28)16-5-3-9-24-21(16)23/h2-3,5-9,14H,4,10-13H2,1H3,(H2,23,24). The molecule has 1 aliphatic heterocycles. The van der Waals surface area contributed by atoms with Crippen LogP contribution in [0.1, 0.15) is 37.7 Å². The smallest absolute Gasteiger partial charge is 0.264 e. The summed E-state index contributed by atoms with van der Waals surface area (Å²) in [6, 6.07) is 10.7. The van der Waals surface area contributed by atoms with Gasteiger partial charge in [-0.15, -0.1) is 11.3 Å². The summed E-state index contributed by atoms with van der Waals surface area (Å²) in [6.45, 7) is 4.72. The molecule has 2 N–H and O–H groups in total. The quantitative estimate of drug-likeness (QED) is 0.651. The molecule has 3 aromatic rings. The van der Waals surface area contributed by atoms with Gasteiger partial charge in [-0.25, -0.2) is 9.97 Å². The highest BCUT2D eigenvalue weighted by Gasteiger charge is 2.23. The number of nitrogens with zero attached hydrogens (tertiary/aromatic N) is 4. The van der Waals surface area contributed by atoms with E-state index >= 15 is 0 Å². The fourth-order valence-corrected chi connectivity index (χ4v) is 4.45. The number of carbonyl (C=O) groups excluding carboxylic acids is 2. The number of aromatic nitrogens is 2. The average Bonchev–Trinajstić information content (AvgIpc) is 3.04. The molecule has 0 radical (unpaired) electrons. The van der Waals surface area contributed by atoms with Gasteiger partial charge in [0, 0.05) is 32.4 Å². The van der Waals surface area contributed by atoms with E-state index < -0.39 is 0 Å². The molecule has 154 valence electrons. The zero-order valence-electron chi connectivity index (χ0n) is 16.7. The second kappa shape index (κ2) is 8.62. The van der Waals surface area contributed by atoms with Crippen LogP contribution in [0.2, 0.25) is 0 Å². The van der Waals surface area contributed by atoms with Crippen LogP contribution in [0.4, 0.5) is 11.6 Å². The van der Waals surface area contributed by atoms with Gasteiger partial charge in [-0.1, -0.05) is 6.07 Å². The van der Waals surface area contributed by atoms with Crippen LogP contribution >= 0.6 is 11.3 Å². The first-order valence-corrected chi connectivity index (χ1v) is 10.7. The summed E-state index contributed by atoms with van der Waals surface area (Å²) in [6.07, 6.45) is 2.39. The third-order valence-electron chi connectivity index (χ3n) is 5.21. The van der Waals surface area contributed by atoms with E-state index in [-0.39, 0.29) is 17.5 Å². The summed E-state index contributed by atoms with van der Waals surface area (Å²) in [5.74, 6) is 0.767. The number of nitrogens with two attached hydrogens (primary N) is 1. The lowest BCUT2D eigenvalue weighted by Gasteiger charge is -2.23. The molecule has 8 heteroatoms. The first kappa shape index (κ1) is 20.0. The Morgan fingerprint density at radius 2 is 1.93 bits per heavy atom. The van der Waals surface area contributed by atoms with Gasteiger partial charge in [0.25, 0.3) is 5.91 Å². The van der Waals surface area contributed by atoms with E-state index in [1.165, 1.54) is 11.3 Å². The second-order valence-electron chi connectivity index (χ2n) is 7.21. The van der Waals surface area contributed by atoms with Crippen molar-refractivity contribution in [1.29, 1.82) is 0 Å². The van der Waals surface area contributed by atoms with E-state index in [4.69, 9.17) is 5.73 Å². The summed E-state index contributed by atoms with van der Waals surface area (Å²) < 4.78 is 0. The van der Waals surface area contributed by atoms with E-state index in [0.29, 0.717) is 30.9 Å². The zero-order chi connectivity index (χ0) is 21.1. The van der Waals surface area contributed by atoms with Crippen molar-refractivity contribution in [2.45, 2.75) is 13.3 Å². The molecule has 0 aliphatic carbocycles. The number of thiophene rings is 1. The minimum atomic E-state index is -0.248. The third kappa shape index (κ3) is 4.04. The third-order valence-corrected chi connectivity index (χ3v) is 6.22. The van der Waals surface area contributed by atoms with Crippen molar-refractivity contribution in [2.75, 3.05) is 36.8 Å². The largest absolute Gasteiger partial charge is 0.383 e. The fourth-order valence-electron chi connectivity index (χ4n) is 3.56. The van der Waals surface area contributed by atoms with Crippen molar-refractivity contribution in [1.82, 2.24) is 14.9 Å². The SMILES string of the molecule is Cc1ccsc1C(=O)N1CCCN(c2cccc(C(=O)c3cccnc3N)n2)CC1. The summed E-state index contributed by atoms with van der Waals surface area (Å²) >= 11 is 1.49. The molecule has 0 spiro atoms. The minimum absolute atomic E-state index is 0.0910. The Kier molecular flexibility index (Phi) is 5.76. The molecule has 0 aromatic carbocycles. The van der Waals surface area contributed by atoms with Crippen LogP contribution in [0.5, 0.6) is 0 Å². The maximum absolute atomic E-state index is 12.8. The number of aryl methyl sites for hydroxylation is 1. The highest BCUT2D eigenvalue weighted by molar-refractivity contribution is 7.12. The number of hydrogen-bond acceptors (Lipinski definition) is 7. The molecule has 1 aliphatic rings. The van der Waals surface area contributed by atoms with E-state index in [1.54, 1.807) is 24.4 Å². The van der Waals surface area contributed by atoms with Crippen molar-refractivity contribution in [3.63, 3.8) is 0 Å². The van der Waals surface area contributed by atoms with Crippen LogP contribution in [0.15, 0.2) is 48.0 Å². The normalized spacial score (nSPS) is 14.4. The Labute approximate surface area is 179 Å². The Morgan fingerprint density at radius 3 is 2.70 bits per heavy atom. The number of ketones is 1. The molecular formula is C22H23N5O2S.